The topological polar surface area (TPSA) is 24.9 Å². The summed E-state index contributed by atoms with van der Waals surface area (Å²) in [7, 11) is 0. The van der Waals surface area contributed by atoms with Gasteiger partial charge in [0.15, 0.2) is 0 Å². The highest BCUT2D eigenvalue weighted by Gasteiger charge is 2.31. The van der Waals surface area contributed by atoms with E-state index in [-0.39, 0.29) is 17.7 Å². The van der Waals surface area contributed by atoms with Crippen molar-refractivity contribution >= 4 is 31.9 Å². The minimum atomic E-state index is -0.135. The van der Waals surface area contributed by atoms with Crippen LogP contribution < -0.4 is 5.32 Å². The highest BCUT2D eigenvalue weighted by Crippen LogP contribution is 2.40. The van der Waals surface area contributed by atoms with Gasteiger partial charge in [-0.1, -0.05) is 18.2 Å². The van der Waals surface area contributed by atoms with E-state index in [1.54, 1.807) is 12.3 Å². The van der Waals surface area contributed by atoms with Gasteiger partial charge in [-0.3, -0.25) is 4.98 Å². The van der Waals surface area contributed by atoms with Crippen LogP contribution in [0.4, 0.5) is 4.39 Å². The van der Waals surface area contributed by atoms with E-state index in [2.05, 4.69) is 42.2 Å². The Morgan fingerprint density at radius 3 is 2.76 bits per heavy atom. The number of hydrogen-bond donors (Lipinski definition) is 1. The molecule has 2 nitrogen and oxygen atoms in total. The van der Waals surface area contributed by atoms with Gasteiger partial charge in [0.2, 0.25) is 0 Å². The van der Waals surface area contributed by atoms with Gasteiger partial charge in [-0.15, -0.1) is 0 Å². The van der Waals surface area contributed by atoms with Crippen molar-refractivity contribution in [1.29, 1.82) is 0 Å². The van der Waals surface area contributed by atoms with Crippen LogP contribution in [-0.2, 0) is 0 Å². The lowest BCUT2D eigenvalue weighted by molar-refractivity contribution is 0.387. The molecule has 110 valence electrons. The van der Waals surface area contributed by atoms with Crippen LogP contribution in [0.5, 0.6) is 0 Å². The maximum absolute atomic E-state index is 14.2. The highest BCUT2D eigenvalue weighted by atomic mass is 79.9. The van der Waals surface area contributed by atoms with Crippen molar-refractivity contribution in [2.24, 2.45) is 0 Å². The predicted octanol–water partition coefficient (Wildman–Crippen LogP) is 4.61. The van der Waals surface area contributed by atoms with Crippen molar-refractivity contribution in [3.63, 3.8) is 0 Å². The number of piperidine rings is 1. The molecule has 0 bridgehead atoms. The summed E-state index contributed by atoms with van der Waals surface area (Å²) in [5.41, 5.74) is 1.78. The van der Waals surface area contributed by atoms with Crippen molar-refractivity contribution in [1.82, 2.24) is 10.3 Å². The molecule has 2 atom stereocenters. The van der Waals surface area contributed by atoms with Crippen LogP contribution in [0.2, 0.25) is 0 Å². The van der Waals surface area contributed by atoms with Crippen LogP contribution in [0.15, 0.2) is 45.5 Å². The summed E-state index contributed by atoms with van der Waals surface area (Å²) in [6, 6.07) is 9.05. The molecule has 2 aromatic rings. The van der Waals surface area contributed by atoms with E-state index in [1.807, 2.05) is 18.2 Å². The first-order chi connectivity index (χ1) is 10.2. The Morgan fingerprint density at radius 2 is 2.00 bits per heavy atom. The zero-order valence-corrected chi connectivity index (χ0v) is 14.5. The van der Waals surface area contributed by atoms with E-state index in [4.69, 9.17) is 0 Å². The van der Waals surface area contributed by atoms with Gasteiger partial charge in [-0.2, -0.15) is 0 Å². The van der Waals surface area contributed by atoms with Crippen LogP contribution in [0.1, 0.15) is 29.5 Å². The van der Waals surface area contributed by atoms with E-state index < -0.39 is 0 Å². The number of nitrogens with zero attached hydrogens (tertiary/aromatic N) is 1. The molecule has 1 fully saturated rings. The van der Waals surface area contributed by atoms with Gasteiger partial charge < -0.3 is 5.32 Å². The standard InChI is InChI=1S/C16H15Br2FN2/c17-10-7-14(18)16(21-8-10)12-5-6-20-9-13(12)11-3-1-2-4-15(11)19/h1-4,7-8,12-13,20H,5-6,9H2. The normalized spacial score (nSPS) is 22.2. The fourth-order valence-electron chi connectivity index (χ4n) is 2.99. The van der Waals surface area contributed by atoms with E-state index in [9.17, 15) is 4.39 Å². The minimum Gasteiger partial charge on any atom is -0.316 e. The number of hydrogen-bond acceptors (Lipinski definition) is 2. The first-order valence-corrected chi connectivity index (χ1v) is 8.51. The molecular formula is C16H15Br2FN2. The molecule has 1 N–H and O–H groups in total. The molecule has 3 rings (SSSR count). The average molecular weight is 414 g/mol. The summed E-state index contributed by atoms with van der Waals surface area (Å²) in [4.78, 5) is 4.56. The third kappa shape index (κ3) is 3.20. The smallest absolute Gasteiger partial charge is 0.126 e. The second-order valence-corrected chi connectivity index (χ2v) is 7.02. The average Bonchev–Trinajstić information content (AvgIpc) is 2.48. The number of aromatic nitrogens is 1. The van der Waals surface area contributed by atoms with E-state index in [0.717, 1.165) is 39.7 Å². The Labute approximate surface area is 140 Å². The summed E-state index contributed by atoms with van der Waals surface area (Å²) < 4.78 is 16.1. The van der Waals surface area contributed by atoms with Crippen molar-refractivity contribution < 1.29 is 4.39 Å². The molecule has 1 aliphatic heterocycles. The first kappa shape index (κ1) is 15.1. The zero-order valence-electron chi connectivity index (χ0n) is 11.3. The highest BCUT2D eigenvalue weighted by molar-refractivity contribution is 9.11. The molecule has 5 heteroatoms. The summed E-state index contributed by atoms with van der Waals surface area (Å²) in [5, 5.41) is 3.37. The minimum absolute atomic E-state index is 0.102. The van der Waals surface area contributed by atoms with E-state index >= 15 is 0 Å². The summed E-state index contributed by atoms with van der Waals surface area (Å²) in [5.74, 6) is 0.181. The van der Waals surface area contributed by atoms with Crippen molar-refractivity contribution in [2.75, 3.05) is 13.1 Å². The van der Waals surface area contributed by atoms with Crippen molar-refractivity contribution in [3.8, 4) is 0 Å². The van der Waals surface area contributed by atoms with Crippen molar-refractivity contribution in [2.45, 2.75) is 18.3 Å². The first-order valence-electron chi connectivity index (χ1n) is 6.93. The Kier molecular flexibility index (Phi) is 4.72. The van der Waals surface area contributed by atoms with Gasteiger partial charge in [-0.05, 0) is 62.5 Å². The van der Waals surface area contributed by atoms with Crippen LogP contribution in [0, 0.1) is 5.82 Å². The molecule has 0 saturated carbocycles. The molecule has 0 amide bonds. The molecule has 1 saturated heterocycles. The second-order valence-electron chi connectivity index (χ2n) is 5.25. The third-order valence-corrected chi connectivity index (χ3v) is 5.04. The number of pyridine rings is 1. The fourth-order valence-corrected chi connectivity index (χ4v) is 4.27. The molecular weight excluding hydrogens is 399 g/mol. The summed E-state index contributed by atoms with van der Waals surface area (Å²) in [6.45, 7) is 1.70. The van der Waals surface area contributed by atoms with Gasteiger partial charge in [-0.25, -0.2) is 4.39 Å². The molecule has 0 radical (unpaired) electrons. The second kappa shape index (κ2) is 6.55. The maximum Gasteiger partial charge on any atom is 0.126 e. The van der Waals surface area contributed by atoms with Crippen LogP contribution in [0.25, 0.3) is 0 Å². The Hall–Kier alpha value is -0.780. The summed E-state index contributed by atoms with van der Waals surface area (Å²) in [6.07, 6.45) is 2.76. The molecule has 21 heavy (non-hydrogen) atoms. The van der Waals surface area contributed by atoms with E-state index in [0.29, 0.717) is 0 Å². The summed E-state index contributed by atoms with van der Waals surface area (Å²) >= 11 is 7.02. The fraction of sp³-hybridized carbons (Fsp3) is 0.312. The molecule has 1 aromatic heterocycles. The number of halogens is 3. The van der Waals surface area contributed by atoms with Crippen LogP contribution in [0.3, 0.4) is 0 Å². The van der Waals surface area contributed by atoms with E-state index in [1.165, 1.54) is 6.07 Å². The molecule has 0 aliphatic carbocycles. The lowest BCUT2D eigenvalue weighted by Gasteiger charge is -2.33. The van der Waals surface area contributed by atoms with Gasteiger partial charge in [0.25, 0.3) is 0 Å². The van der Waals surface area contributed by atoms with Gasteiger partial charge in [0.1, 0.15) is 5.82 Å². The van der Waals surface area contributed by atoms with Crippen LogP contribution in [-0.4, -0.2) is 18.1 Å². The third-order valence-electron chi connectivity index (χ3n) is 3.97. The van der Waals surface area contributed by atoms with Crippen LogP contribution >= 0.6 is 31.9 Å². The molecule has 2 heterocycles. The number of benzene rings is 1. The van der Waals surface area contributed by atoms with Gasteiger partial charge in [0.05, 0.1) is 5.69 Å². The Bertz CT molecular complexity index is 648. The SMILES string of the molecule is Fc1ccccc1C1CNCCC1c1ncc(Br)cc1Br. The quantitative estimate of drug-likeness (QED) is 0.777. The maximum atomic E-state index is 14.2. The zero-order chi connectivity index (χ0) is 14.8. The lowest BCUT2D eigenvalue weighted by Crippen LogP contribution is -2.35. The van der Waals surface area contributed by atoms with Crippen molar-refractivity contribution in [3.05, 3.63) is 62.5 Å². The molecule has 1 aromatic carbocycles. The van der Waals surface area contributed by atoms with Gasteiger partial charge >= 0.3 is 0 Å². The lowest BCUT2D eigenvalue weighted by atomic mass is 9.79. The van der Waals surface area contributed by atoms with Gasteiger partial charge in [0, 0.05) is 33.5 Å². The Balaban J connectivity index is 2.00. The number of rotatable bonds is 2. The Morgan fingerprint density at radius 1 is 1.19 bits per heavy atom. The largest absolute Gasteiger partial charge is 0.316 e. The number of nitrogens with one attached hydrogen (secondary N) is 1. The molecule has 0 spiro atoms. The molecule has 1 aliphatic rings. The monoisotopic (exact) mass is 412 g/mol. The molecule has 2 unspecified atom stereocenters. The predicted molar refractivity (Wildman–Crippen MR) is 89.0 cm³/mol.